The van der Waals surface area contributed by atoms with Crippen LogP contribution in [0.1, 0.15) is 12.5 Å². The van der Waals surface area contributed by atoms with Gasteiger partial charge in [0.25, 0.3) is 0 Å². The minimum atomic E-state index is 0.346. The fourth-order valence-corrected chi connectivity index (χ4v) is 2.78. The third kappa shape index (κ3) is 3.42. The number of para-hydroxylation sites is 1. The molecule has 2 nitrogen and oxygen atoms in total. The molecule has 0 aliphatic rings. The minimum absolute atomic E-state index is 0.346. The number of hydrogen-bond acceptors (Lipinski definition) is 2. The molecular weight excluding hydrogens is 324 g/mol. The van der Waals surface area contributed by atoms with E-state index in [-0.39, 0.29) is 0 Å². The van der Waals surface area contributed by atoms with E-state index in [0.29, 0.717) is 6.04 Å². The lowest BCUT2D eigenvalue weighted by atomic mass is 10.1. The molecule has 0 amide bonds. The Morgan fingerprint density at radius 3 is 2.62 bits per heavy atom. The highest BCUT2D eigenvalue weighted by Crippen LogP contribution is 2.22. The maximum Gasteiger partial charge on any atom is 0.0933 e. The number of nitrogens with one attached hydrogen (secondary N) is 1. The van der Waals surface area contributed by atoms with E-state index in [9.17, 15) is 0 Å². The maximum absolute atomic E-state index is 4.48. The number of halogens is 1. The summed E-state index contributed by atoms with van der Waals surface area (Å²) in [5.74, 6) is 0. The molecule has 1 unspecified atom stereocenters. The third-order valence-electron chi connectivity index (χ3n) is 3.49. The first-order valence-corrected chi connectivity index (χ1v) is 7.86. The SMILES string of the molecule is CC(Cc1ccc(Br)cc1)Nc1cccc2cccnc12. The summed E-state index contributed by atoms with van der Waals surface area (Å²) in [6.45, 7) is 2.20. The Balaban J connectivity index is 1.77. The molecule has 0 bridgehead atoms. The number of hydrogen-bond donors (Lipinski definition) is 1. The predicted octanol–water partition coefficient (Wildman–Crippen LogP) is 5.04. The van der Waals surface area contributed by atoms with Gasteiger partial charge in [0.05, 0.1) is 11.2 Å². The topological polar surface area (TPSA) is 24.9 Å². The van der Waals surface area contributed by atoms with Gasteiger partial charge in [-0.05, 0) is 43.2 Å². The van der Waals surface area contributed by atoms with Gasteiger partial charge in [0.2, 0.25) is 0 Å². The van der Waals surface area contributed by atoms with Crippen molar-refractivity contribution in [2.75, 3.05) is 5.32 Å². The van der Waals surface area contributed by atoms with Gasteiger partial charge < -0.3 is 5.32 Å². The lowest BCUT2D eigenvalue weighted by molar-refractivity contribution is 0.791. The van der Waals surface area contributed by atoms with E-state index in [1.165, 1.54) is 10.9 Å². The van der Waals surface area contributed by atoms with Crippen molar-refractivity contribution in [1.82, 2.24) is 4.98 Å². The highest BCUT2D eigenvalue weighted by Gasteiger charge is 2.07. The van der Waals surface area contributed by atoms with Crippen LogP contribution >= 0.6 is 15.9 Å². The summed E-state index contributed by atoms with van der Waals surface area (Å²) in [7, 11) is 0. The summed E-state index contributed by atoms with van der Waals surface area (Å²) in [6.07, 6.45) is 2.82. The van der Waals surface area contributed by atoms with Crippen LogP contribution in [0.3, 0.4) is 0 Å². The molecule has 0 saturated carbocycles. The lowest BCUT2D eigenvalue weighted by Gasteiger charge is -2.16. The van der Waals surface area contributed by atoms with Gasteiger partial charge in [-0.25, -0.2) is 0 Å². The molecule has 3 heteroatoms. The molecule has 1 atom stereocenters. The number of pyridine rings is 1. The largest absolute Gasteiger partial charge is 0.380 e. The standard InChI is InChI=1S/C18H17BrN2/c1-13(12-14-7-9-16(19)10-8-14)21-17-6-2-4-15-5-3-11-20-18(15)17/h2-11,13,21H,12H2,1H3. The van der Waals surface area contributed by atoms with Gasteiger partial charge in [-0.1, -0.05) is 46.3 Å². The highest BCUT2D eigenvalue weighted by atomic mass is 79.9. The van der Waals surface area contributed by atoms with E-state index in [0.717, 1.165) is 22.1 Å². The minimum Gasteiger partial charge on any atom is -0.380 e. The van der Waals surface area contributed by atoms with Gasteiger partial charge in [-0.3, -0.25) is 4.98 Å². The maximum atomic E-state index is 4.48. The molecule has 1 aromatic heterocycles. The summed E-state index contributed by atoms with van der Waals surface area (Å²) in [5.41, 5.74) is 3.45. The van der Waals surface area contributed by atoms with Crippen molar-refractivity contribution >= 4 is 32.5 Å². The first-order chi connectivity index (χ1) is 10.2. The van der Waals surface area contributed by atoms with Crippen LogP contribution < -0.4 is 5.32 Å². The molecule has 106 valence electrons. The van der Waals surface area contributed by atoms with Gasteiger partial charge in [0, 0.05) is 22.1 Å². The zero-order valence-electron chi connectivity index (χ0n) is 11.9. The van der Waals surface area contributed by atoms with Crippen LogP contribution in [0, 0.1) is 0 Å². The molecule has 0 saturated heterocycles. The van der Waals surface area contributed by atoms with Crippen molar-refractivity contribution in [3.63, 3.8) is 0 Å². The van der Waals surface area contributed by atoms with Gasteiger partial charge in [0.15, 0.2) is 0 Å². The molecular formula is C18H17BrN2. The number of nitrogens with zero attached hydrogens (tertiary/aromatic N) is 1. The van der Waals surface area contributed by atoms with Crippen LogP contribution in [0.2, 0.25) is 0 Å². The summed E-state index contributed by atoms with van der Waals surface area (Å²) < 4.78 is 1.12. The second kappa shape index (κ2) is 6.27. The average molecular weight is 341 g/mol. The molecule has 3 aromatic rings. The third-order valence-corrected chi connectivity index (χ3v) is 4.02. The van der Waals surface area contributed by atoms with Crippen LogP contribution in [0.25, 0.3) is 10.9 Å². The van der Waals surface area contributed by atoms with E-state index >= 15 is 0 Å². The fourth-order valence-electron chi connectivity index (χ4n) is 2.51. The fraction of sp³-hybridized carbons (Fsp3) is 0.167. The number of benzene rings is 2. The monoisotopic (exact) mass is 340 g/mol. The Hall–Kier alpha value is -1.87. The van der Waals surface area contributed by atoms with E-state index in [1.54, 1.807) is 0 Å². The molecule has 0 spiro atoms. The number of rotatable bonds is 4. The molecule has 3 rings (SSSR count). The average Bonchev–Trinajstić information content (AvgIpc) is 2.50. The zero-order chi connectivity index (χ0) is 14.7. The number of fused-ring (bicyclic) bond motifs is 1. The molecule has 0 aliphatic heterocycles. The van der Waals surface area contributed by atoms with Gasteiger partial charge in [-0.2, -0.15) is 0 Å². The summed E-state index contributed by atoms with van der Waals surface area (Å²) in [6, 6.07) is 19.1. The molecule has 0 aliphatic carbocycles. The first kappa shape index (κ1) is 14.1. The van der Waals surface area contributed by atoms with Crippen LogP contribution in [0.4, 0.5) is 5.69 Å². The zero-order valence-corrected chi connectivity index (χ0v) is 13.5. The van der Waals surface area contributed by atoms with Crippen molar-refractivity contribution in [3.8, 4) is 0 Å². The van der Waals surface area contributed by atoms with Crippen LogP contribution in [0.5, 0.6) is 0 Å². The van der Waals surface area contributed by atoms with Crippen molar-refractivity contribution in [2.45, 2.75) is 19.4 Å². The van der Waals surface area contributed by atoms with E-state index < -0.39 is 0 Å². The Morgan fingerprint density at radius 1 is 1.05 bits per heavy atom. The molecule has 1 heterocycles. The van der Waals surface area contributed by atoms with Crippen molar-refractivity contribution in [3.05, 3.63) is 70.8 Å². The summed E-state index contributed by atoms with van der Waals surface area (Å²) in [4.78, 5) is 4.48. The van der Waals surface area contributed by atoms with Gasteiger partial charge >= 0.3 is 0 Å². The Bertz CT molecular complexity index is 732. The number of aromatic nitrogens is 1. The normalized spacial score (nSPS) is 12.3. The summed E-state index contributed by atoms with van der Waals surface area (Å²) >= 11 is 3.47. The Morgan fingerprint density at radius 2 is 1.81 bits per heavy atom. The second-order valence-corrected chi connectivity index (χ2v) is 6.17. The number of anilines is 1. The van der Waals surface area contributed by atoms with Crippen molar-refractivity contribution in [2.24, 2.45) is 0 Å². The predicted molar refractivity (Wildman–Crippen MR) is 92.7 cm³/mol. The van der Waals surface area contributed by atoms with Crippen LogP contribution in [-0.4, -0.2) is 11.0 Å². The van der Waals surface area contributed by atoms with E-state index in [1.807, 2.05) is 12.3 Å². The highest BCUT2D eigenvalue weighted by molar-refractivity contribution is 9.10. The first-order valence-electron chi connectivity index (χ1n) is 7.07. The molecule has 0 fully saturated rings. The quantitative estimate of drug-likeness (QED) is 0.719. The molecule has 1 N–H and O–H groups in total. The molecule has 2 aromatic carbocycles. The van der Waals surface area contributed by atoms with Crippen LogP contribution in [-0.2, 0) is 6.42 Å². The smallest absolute Gasteiger partial charge is 0.0933 e. The molecule has 21 heavy (non-hydrogen) atoms. The van der Waals surface area contributed by atoms with Crippen LogP contribution in [0.15, 0.2) is 65.3 Å². The van der Waals surface area contributed by atoms with E-state index in [2.05, 4.69) is 81.7 Å². The van der Waals surface area contributed by atoms with E-state index in [4.69, 9.17) is 0 Å². The Kier molecular flexibility index (Phi) is 4.20. The molecule has 0 radical (unpaired) electrons. The second-order valence-electron chi connectivity index (χ2n) is 5.26. The van der Waals surface area contributed by atoms with Gasteiger partial charge in [-0.15, -0.1) is 0 Å². The Labute approximate surface area is 133 Å². The summed E-state index contributed by atoms with van der Waals surface area (Å²) in [5, 5.41) is 4.74. The lowest BCUT2D eigenvalue weighted by Crippen LogP contribution is -2.18. The van der Waals surface area contributed by atoms with Gasteiger partial charge in [0.1, 0.15) is 0 Å². The van der Waals surface area contributed by atoms with Crippen molar-refractivity contribution < 1.29 is 0 Å². The van der Waals surface area contributed by atoms with Crippen molar-refractivity contribution in [1.29, 1.82) is 0 Å².